The Labute approximate surface area is 247 Å². The first-order valence-electron chi connectivity index (χ1n) is 16.2. The maximum absolute atomic E-state index is 12.7. The van der Waals surface area contributed by atoms with Gasteiger partial charge in [0.25, 0.3) is 0 Å². The molecule has 40 heavy (non-hydrogen) atoms. The van der Waals surface area contributed by atoms with Gasteiger partial charge in [-0.05, 0) is 77.0 Å². The van der Waals surface area contributed by atoms with Crippen LogP contribution < -0.4 is 0 Å². The Balaban J connectivity index is 3.88. The molecule has 0 aromatic rings. The Morgan fingerprint density at radius 1 is 0.525 bits per heavy atom. The third-order valence-electron chi connectivity index (χ3n) is 6.84. The molecular formula is C37H60O3. The SMILES string of the molecule is CC/C=C\C/C=C\C/C=C\CCCCCCCC(=O)C(CCCCCC/C=C\C/C=C\C/C=C\CC)C(=O)OC. The van der Waals surface area contributed by atoms with Crippen molar-refractivity contribution in [2.45, 2.75) is 136 Å². The molecule has 0 heterocycles. The fraction of sp³-hybridized carbons (Fsp3) is 0.622. The molecule has 0 amide bonds. The van der Waals surface area contributed by atoms with Crippen LogP contribution in [-0.2, 0) is 14.3 Å². The number of rotatable bonds is 27. The Morgan fingerprint density at radius 2 is 0.925 bits per heavy atom. The lowest BCUT2D eigenvalue weighted by Crippen LogP contribution is -2.25. The molecule has 0 fully saturated rings. The van der Waals surface area contributed by atoms with Gasteiger partial charge >= 0.3 is 5.97 Å². The summed E-state index contributed by atoms with van der Waals surface area (Å²) in [6.07, 6.45) is 46.0. The molecule has 0 saturated heterocycles. The van der Waals surface area contributed by atoms with Crippen molar-refractivity contribution in [3.63, 3.8) is 0 Å². The van der Waals surface area contributed by atoms with Crippen LogP contribution in [0.4, 0.5) is 0 Å². The summed E-state index contributed by atoms with van der Waals surface area (Å²) in [7, 11) is 1.39. The van der Waals surface area contributed by atoms with Gasteiger partial charge in [0, 0.05) is 6.42 Å². The van der Waals surface area contributed by atoms with E-state index in [1.165, 1.54) is 20.0 Å². The average molecular weight is 553 g/mol. The average Bonchev–Trinajstić information content (AvgIpc) is 2.96. The van der Waals surface area contributed by atoms with Crippen molar-refractivity contribution >= 4 is 11.8 Å². The van der Waals surface area contributed by atoms with Crippen molar-refractivity contribution < 1.29 is 14.3 Å². The lowest BCUT2D eigenvalue weighted by atomic mass is 9.93. The summed E-state index contributed by atoms with van der Waals surface area (Å²) < 4.78 is 4.94. The van der Waals surface area contributed by atoms with Crippen LogP contribution in [0.1, 0.15) is 136 Å². The third kappa shape index (κ3) is 25.8. The first-order chi connectivity index (χ1) is 19.7. The number of unbranched alkanes of at least 4 members (excludes halogenated alkanes) is 9. The number of hydrogen-bond acceptors (Lipinski definition) is 3. The number of carbonyl (C=O) groups is 2. The number of carbonyl (C=O) groups excluding carboxylic acids is 2. The lowest BCUT2D eigenvalue weighted by Gasteiger charge is -2.13. The molecule has 3 nitrogen and oxygen atoms in total. The third-order valence-corrected chi connectivity index (χ3v) is 6.84. The first kappa shape index (κ1) is 37.6. The van der Waals surface area contributed by atoms with E-state index in [4.69, 9.17) is 4.74 Å². The Bertz CT molecular complexity index is 766. The molecule has 0 spiro atoms. The van der Waals surface area contributed by atoms with E-state index in [2.05, 4.69) is 86.8 Å². The van der Waals surface area contributed by atoms with Gasteiger partial charge in [-0.15, -0.1) is 0 Å². The van der Waals surface area contributed by atoms with Crippen molar-refractivity contribution in [3.8, 4) is 0 Å². The zero-order valence-corrected chi connectivity index (χ0v) is 26.2. The summed E-state index contributed by atoms with van der Waals surface area (Å²) in [4.78, 5) is 24.9. The number of methoxy groups -OCH3 is 1. The van der Waals surface area contributed by atoms with Crippen LogP contribution in [0.15, 0.2) is 72.9 Å². The molecule has 226 valence electrons. The van der Waals surface area contributed by atoms with Crippen LogP contribution in [0.3, 0.4) is 0 Å². The van der Waals surface area contributed by atoms with Crippen molar-refractivity contribution in [2.75, 3.05) is 7.11 Å². The summed E-state index contributed by atoms with van der Waals surface area (Å²) in [5.74, 6) is -0.870. The van der Waals surface area contributed by atoms with Gasteiger partial charge < -0.3 is 4.74 Å². The summed E-state index contributed by atoms with van der Waals surface area (Å²) in [6, 6.07) is 0. The zero-order valence-electron chi connectivity index (χ0n) is 26.2. The Hall–Kier alpha value is -2.42. The van der Waals surface area contributed by atoms with Crippen molar-refractivity contribution in [1.82, 2.24) is 0 Å². The van der Waals surface area contributed by atoms with Gasteiger partial charge in [-0.2, -0.15) is 0 Å². The van der Waals surface area contributed by atoms with E-state index in [0.717, 1.165) is 96.3 Å². The van der Waals surface area contributed by atoms with E-state index in [1.807, 2.05) is 0 Å². The van der Waals surface area contributed by atoms with Gasteiger partial charge in [0.15, 0.2) is 0 Å². The van der Waals surface area contributed by atoms with Crippen LogP contribution in [0.5, 0.6) is 0 Å². The van der Waals surface area contributed by atoms with Crippen molar-refractivity contribution in [2.24, 2.45) is 5.92 Å². The van der Waals surface area contributed by atoms with E-state index < -0.39 is 5.92 Å². The number of ketones is 1. The van der Waals surface area contributed by atoms with Gasteiger partial charge in [0.1, 0.15) is 11.7 Å². The largest absolute Gasteiger partial charge is 0.468 e. The van der Waals surface area contributed by atoms with Crippen LogP contribution in [0, 0.1) is 5.92 Å². The highest BCUT2D eigenvalue weighted by atomic mass is 16.5. The lowest BCUT2D eigenvalue weighted by molar-refractivity contribution is -0.149. The Morgan fingerprint density at radius 3 is 1.40 bits per heavy atom. The second kappa shape index (κ2) is 31.1. The highest BCUT2D eigenvalue weighted by molar-refractivity contribution is 5.98. The standard InChI is InChI=1S/C37H60O3/c1-4-6-8-10-12-14-16-18-20-22-24-26-28-30-32-34-36(38)35(37(39)40-3)33-31-29-27-25-23-21-19-17-15-13-11-9-7-5-2/h6-9,12-15,18-21,35H,4-5,10-11,16-17,22-34H2,1-3H3/b8-6-,9-7-,14-12-,15-13-,20-18-,21-19-. The summed E-state index contributed by atoms with van der Waals surface area (Å²) in [5.41, 5.74) is 0. The molecule has 0 aromatic heterocycles. The zero-order chi connectivity index (χ0) is 29.4. The normalized spacial score (nSPS) is 13.3. The number of Topliss-reactive ketones (excluding diaryl/α,β-unsaturated/α-hetero) is 1. The minimum atomic E-state index is -0.578. The van der Waals surface area contributed by atoms with E-state index in [-0.39, 0.29) is 11.8 Å². The van der Waals surface area contributed by atoms with Crippen molar-refractivity contribution in [1.29, 1.82) is 0 Å². The summed E-state index contributed by atoms with van der Waals surface area (Å²) in [6.45, 7) is 4.31. The van der Waals surface area contributed by atoms with Gasteiger partial charge in [-0.25, -0.2) is 0 Å². The molecular weight excluding hydrogens is 492 g/mol. The van der Waals surface area contributed by atoms with Crippen molar-refractivity contribution in [3.05, 3.63) is 72.9 Å². The molecule has 0 aliphatic carbocycles. The van der Waals surface area contributed by atoms with Crippen LogP contribution >= 0.6 is 0 Å². The minimum Gasteiger partial charge on any atom is -0.468 e. The second-order valence-electron chi connectivity index (χ2n) is 10.4. The highest BCUT2D eigenvalue weighted by Gasteiger charge is 2.26. The molecule has 0 aliphatic rings. The quantitative estimate of drug-likeness (QED) is 0.0440. The second-order valence-corrected chi connectivity index (χ2v) is 10.4. The predicted octanol–water partition coefficient (Wildman–Crippen LogP) is 11.1. The number of esters is 1. The number of allylic oxidation sites excluding steroid dienone is 12. The molecule has 0 aromatic carbocycles. The fourth-order valence-electron chi connectivity index (χ4n) is 4.44. The maximum Gasteiger partial charge on any atom is 0.316 e. The molecule has 0 saturated carbocycles. The van der Waals surface area contributed by atoms with Gasteiger partial charge in [-0.3, -0.25) is 9.59 Å². The van der Waals surface area contributed by atoms with Gasteiger partial charge in [-0.1, -0.05) is 125 Å². The van der Waals surface area contributed by atoms with E-state index >= 15 is 0 Å². The van der Waals surface area contributed by atoms with E-state index in [1.54, 1.807) is 0 Å². The van der Waals surface area contributed by atoms with Crippen LogP contribution in [-0.4, -0.2) is 18.9 Å². The number of ether oxygens (including phenoxy) is 1. The monoisotopic (exact) mass is 552 g/mol. The van der Waals surface area contributed by atoms with E-state index in [9.17, 15) is 9.59 Å². The molecule has 1 unspecified atom stereocenters. The molecule has 0 N–H and O–H groups in total. The minimum absolute atomic E-state index is 0.0641. The molecule has 3 heteroatoms. The highest BCUT2D eigenvalue weighted by Crippen LogP contribution is 2.18. The topological polar surface area (TPSA) is 43.4 Å². The first-order valence-corrected chi connectivity index (χ1v) is 16.2. The molecule has 0 bridgehead atoms. The van der Waals surface area contributed by atoms with Gasteiger partial charge in [0.2, 0.25) is 0 Å². The van der Waals surface area contributed by atoms with Crippen LogP contribution in [0.25, 0.3) is 0 Å². The molecule has 0 aliphatic heterocycles. The molecule has 0 rings (SSSR count). The smallest absolute Gasteiger partial charge is 0.316 e. The Kier molecular flexibility index (Phi) is 29.2. The maximum atomic E-state index is 12.7. The van der Waals surface area contributed by atoms with E-state index in [0.29, 0.717) is 12.8 Å². The molecule has 0 radical (unpaired) electrons. The molecule has 1 atom stereocenters. The number of hydrogen-bond donors (Lipinski definition) is 0. The summed E-state index contributed by atoms with van der Waals surface area (Å²) in [5, 5.41) is 0. The summed E-state index contributed by atoms with van der Waals surface area (Å²) >= 11 is 0. The van der Waals surface area contributed by atoms with Crippen LogP contribution in [0.2, 0.25) is 0 Å². The fourth-order valence-corrected chi connectivity index (χ4v) is 4.44. The predicted molar refractivity (Wildman–Crippen MR) is 174 cm³/mol. The van der Waals surface area contributed by atoms with Gasteiger partial charge in [0.05, 0.1) is 7.11 Å².